The lowest BCUT2D eigenvalue weighted by atomic mass is 10.0. The first-order chi connectivity index (χ1) is 9.85. The number of primary sulfonamides is 1. The van der Waals surface area contributed by atoms with Crippen molar-refractivity contribution in [2.75, 3.05) is 18.8 Å². The molecule has 0 aromatic carbocycles. The zero-order valence-corrected chi connectivity index (χ0v) is 12.6. The van der Waals surface area contributed by atoms with Crippen LogP contribution in [0.4, 0.5) is 4.79 Å². The normalized spacial score (nSPS) is 22.3. The number of hydrogen-bond donors (Lipinski definition) is 2. The zero-order chi connectivity index (χ0) is 15.5. The molecule has 3 N–H and O–H groups in total. The van der Waals surface area contributed by atoms with E-state index in [2.05, 4.69) is 15.3 Å². The summed E-state index contributed by atoms with van der Waals surface area (Å²) in [6, 6.07) is -0.220. The molecule has 2 heterocycles. The van der Waals surface area contributed by atoms with Crippen LogP contribution in [0.1, 0.15) is 12.5 Å². The van der Waals surface area contributed by atoms with Crippen molar-refractivity contribution in [3.8, 4) is 0 Å². The van der Waals surface area contributed by atoms with E-state index in [4.69, 9.17) is 5.14 Å². The summed E-state index contributed by atoms with van der Waals surface area (Å²) in [5, 5.41) is 7.84. The highest BCUT2D eigenvalue weighted by molar-refractivity contribution is 7.89. The van der Waals surface area contributed by atoms with Crippen LogP contribution >= 0.6 is 0 Å². The first kappa shape index (κ1) is 15.6. The van der Waals surface area contributed by atoms with Crippen molar-refractivity contribution >= 4 is 16.1 Å². The highest BCUT2D eigenvalue weighted by Gasteiger charge is 2.34. The Morgan fingerprint density at radius 2 is 2.10 bits per heavy atom. The summed E-state index contributed by atoms with van der Waals surface area (Å²) in [4.78, 5) is 21.4. The number of aromatic nitrogens is 2. The van der Waals surface area contributed by atoms with Gasteiger partial charge in [0.05, 0.1) is 5.75 Å². The number of amides is 2. The molecule has 1 aromatic rings. The molecule has 21 heavy (non-hydrogen) atoms. The average molecular weight is 313 g/mol. The minimum Gasteiger partial charge on any atom is -0.334 e. The lowest BCUT2D eigenvalue weighted by Gasteiger charge is -2.17. The summed E-state index contributed by atoms with van der Waals surface area (Å²) in [6.07, 6.45) is 4.68. The molecule has 2 rings (SSSR count). The van der Waals surface area contributed by atoms with Crippen LogP contribution in [0.15, 0.2) is 18.7 Å². The Kier molecular flexibility index (Phi) is 4.73. The Morgan fingerprint density at radius 3 is 2.71 bits per heavy atom. The maximum Gasteiger partial charge on any atom is 0.317 e. The van der Waals surface area contributed by atoms with Crippen molar-refractivity contribution in [1.82, 2.24) is 20.2 Å². The second-order valence-electron chi connectivity index (χ2n) is 5.38. The van der Waals surface area contributed by atoms with Gasteiger partial charge < -0.3 is 10.2 Å². The summed E-state index contributed by atoms with van der Waals surface area (Å²) >= 11 is 0. The van der Waals surface area contributed by atoms with E-state index in [9.17, 15) is 13.2 Å². The number of hydrogen-bond acceptors (Lipinski definition) is 5. The molecule has 0 aliphatic carbocycles. The second-order valence-corrected chi connectivity index (χ2v) is 7.04. The van der Waals surface area contributed by atoms with Gasteiger partial charge in [0.15, 0.2) is 0 Å². The van der Waals surface area contributed by atoms with Crippen LogP contribution in [0.25, 0.3) is 0 Å². The number of carbonyl (C=O) groups is 1. The van der Waals surface area contributed by atoms with Gasteiger partial charge in [-0.2, -0.15) is 0 Å². The number of nitrogens with one attached hydrogen (secondary N) is 1. The van der Waals surface area contributed by atoms with Gasteiger partial charge in [-0.15, -0.1) is 0 Å². The number of nitrogens with two attached hydrogens (primary N) is 1. The maximum atomic E-state index is 12.1. The van der Waals surface area contributed by atoms with Gasteiger partial charge in [-0.25, -0.2) is 28.3 Å². The van der Waals surface area contributed by atoms with Crippen molar-refractivity contribution in [2.24, 2.45) is 17.0 Å². The van der Waals surface area contributed by atoms with Gasteiger partial charge in [0.2, 0.25) is 10.0 Å². The van der Waals surface area contributed by atoms with Crippen LogP contribution in [0.2, 0.25) is 0 Å². The van der Waals surface area contributed by atoms with Crippen molar-refractivity contribution < 1.29 is 13.2 Å². The van der Waals surface area contributed by atoms with Crippen molar-refractivity contribution in [1.29, 1.82) is 0 Å². The maximum absolute atomic E-state index is 12.1. The predicted molar refractivity (Wildman–Crippen MR) is 76.5 cm³/mol. The average Bonchev–Trinajstić information content (AvgIpc) is 2.77. The van der Waals surface area contributed by atoms with E-state index in [-0.39, 0.29) is 23.6 Å². The third-order valence-electron chi connectivity index (χ3n) is 3.56. The molecular formula is C12H19N5O3S. The highest BCUT2D eigenvalue weighted by atomic mass is 32.2. The molecule has 1 aromatic heterocycles. The van der Waals surface area contributed by atoms with Gasteiger partial charge in [-0.3, -0.25) is 0 Å². The molecule has 0 saturated carbocycles. The lowest BCUT2D eigenvalue weighted by molar-refractivity contribution is 0.206. The number of nitrogens with zero attached hydrogens (tertiary/aromatic N) is 3. The van der Waals surface area contributed by atoms with Crippen LogP contribution in [0.5, 0.6) is 0 Å². The number of urea groups is 1. The summed E-state index contributed by atoms with van der Waals surface area (Å²) in [7, 11) is -3.52. The fourth-order valence-electron chi connectivity index (χ4n) is 2.43. The standard InChI is InChI=1S/C12H19N5O3S/c1-9-5-17(6-11(9)7-21(13,19)20)12(18)16-4-10-2-14-8-15-3-10/h2-3,8-9,11H,4-7H2,1H3,(H,16,18)(H2,13,19,20)/t9-,11+/m1/s1. The number of likely N-dealkylation sites (tertiary alicyclic amines) is 1. The van der Waals surface area contributed by atoms with Crippen LogP contribution in [-0.4, -0.2) is 48.2 Å². The molecule has 9 heteroatoms. The smallest absolute Gasteiger partial charge is 0.317 e. The van der Waals surface area contributed by atoms with E-state index < -0.39 is 10.0 Å². The largest absolute Gasteiger partial charge is 0.334 e. The molecule has 1 aliphatic heterocycles. The third-order valence-corrected chi connectivity index (χ3v) is 4.45. The minimum absolute atomic E-state index is 0.0928. The van der Waals surface area contributed by atoms with E-state index >= 15 is 0 Å². The Morgan fingerprint density at radius 1 is 1.43 bits per heavy atom. The predicted octanol–water partition coefficient (Wildman–Crippen LogP) is -0.457. The minimum atomic E-state index is -3.52. The van der Waals surface area contributed by atoms with Crippen LogP contribution < -0.4 is 10.5 Å². The zero-order valence-electron chi connectivity index (χ0n) is 11.8. The fraction of sp³-hybridized carbons (Fsp3) is 0.583. The van der Waals surface area contributed by atoms with Crippen LogP contribution in [0.3, 0.4) is 0 Å². The quantitative estimate of drug-likeness (QED) is 0.780. The lowest BCUT2D eigenvalue weighted by Crippen LogP contribution is -2.38. The van der Waals surface area contributed by atoms with Crippen molar-refractivity contribution in [2.45, 2.75) is 13.5 Å². The van der Waals surface area contributed by atoms with E-state index in [1.807, 2.05) is 6.92 Å². The summed E-state index contributed by atoms with van der Waals surface area (Å²) in [5.41, 5.74) is 0.805. The van der Waals surface area contributed by atoms with Crippen LogP contribution in [0, 0.1) is 11.8 Å². The molecule has 0 spiro atoms. The summed E-state index contributed by atoms with van der Waals surface area (Å²) < 4.78 is 22.3. The Hall–Kier alpha value is -1.74. The summed E-state index contributed by atoms with van der Waals surface area (Å²) in [6.45, 7) is 3.19. The number of sulfonamides is 1. The van der Waals surface area contributed by atoms with Gasteiger partial charge in [-0.05, 0) is 11.8 Å². The molecule has 2 atom stereocenters. The first-order valence-corrected chi connectivity index (χ1v) is 8.34. The van der Waals surface area contributed by atoms with E-state index in [0.29, 0.717) is 19.6 Å². The molecule has 0 unspecified atom stereocenters. The van der Waals surface area contributed by atoms with Gasteiger partial charge in [0, 0.05) is 37.6 Å². The summed E-state index contributed by atoms with van der Waals surface area (Å²) in [5.74, 6) is -0.107. The molecule has 8 nitrogen and oxygen atoms in total. The van der Waals surface area contributed by atoms with Crippen molar-refractivity contribution in [3.05, 3.63) is 24.3 Å². The van der Waals surface area contributed by atoms with Crippen LogP contribution in [-0.2, 0) is 16.6 Å². The Balaban J connectivity index is 1.87. The molecule has 1 aliphatic rings. The molecular weight excluding hydrogens is 294 g/mol. The molecule has 2 amide bonds. The SMILES string of the molecule is C[C@@H]1CN(C(=O)NCc2cncnc2)C[C@H]1CS(N)(=O)=O. The van der Waals surface area contributed by atoms with E-state index in [1.165, 1.54) is 6.33 Å². The fourth-order valence-corrected chi connectivity index (χ4v) is 3.46. The Labute approximate surface area is 123 Å². The highest BCUT2D eigenvalue weighted by Crippen LogP contribution is 2.23. The van der Waals surface area contributed by atoms with Gasteiger partial charge in [-0.1, -0.05) is 6.92 Å². The molecule has 1 saturated heterocycles. The topological polar surface area (TPSA) is 118 Å². The number of carbonyl (C=O) groups excluding carboxylic acids is 1. The van der Waals surface area contributed by atoms with Crippen molar-refractivity contribution in [3.63, 3.8) is 0 Å². The molecule has 0 bridgehead atoms. The molecule has 116 valence electrons. The Bertz CT molecular complexity index is 592. The number of rotatable bonds is 4. The second kappa shape index (κ2) is 6.35. The first-order valence-electron chi connectivity index (χ1n) is 6.62. The van der Waals surface area contributed by atoms with Gasteiger partial charge >= 0.3 is 6.03 Å². The molecule has 1 fully saturated rings. The van der Waals surface area contributed by atoms with E-state index in [0.717, 1.165) is 5.56 Å². The van der Waals surface area contributed by atoms with Gasteiger partial charge in [0.25, 0.3) is 0 Å². The monoisotopic (exact) mass is 313 g/mol. The van der Waals surface area contributed by atoms with E-state index in [1.54, 1.807) is 17.3 Å². The van der Waals surface area contributed by atoms with Gasteiger partial charge in [0.1, 0.15) is 6.33 Å². The molecule has 0 radical (unpaired) electrons. The third kappa shape index (κ3) is 4.64.